The van der Waals surface area contributed by atoms with Crippen LogP contribution in [0, 0.1) is 13.8 Å². The Kier molecular flexibility index (Phi) is 5.03. The van der Waals surface area contributed by atoms with Gasteiger partial charge in [-0.3, -0.25) is 9.59 Å². The van der Waals surface area contributed by atoms with E-state index in [1.165, 1.54) is 0 Å². The van der Waals surface area contributed by atoms with Crippen LogP contribution in [0.2, 0.25) is 0 Å². The third-order valence-corrected chi connectivity index (χ3v) is 4.10. The number of amides is 1. The number of benzene rings is 2. The molecule has 0 atom stereocenters. The molecule has 1 amide bonds. The van der Waals surface area contributed by atoms with Gasteiger partial charge in [0.2, 0.25) is 5.91 Å². The maximum atomic E-state index is 12.3. The van der Waals surface area contributed by atoms with E-state index < -0.39 is 0 Å². The van der Waals surface area contributed by atoms with E-state index in [0.717, 1.165) is 11.1 Å². The lowest BCUT2D eigenvalue weighted by Gasteiger charge is -2.19. The topological polar surface area (TPSA) is 64.6 Å². The van der Waals surface area contributed by atoms with Gasteiger partial charge in [-0.05, 0) is 37.6 Å². The van der Waals surface area contributed by atoms with Gasteiger partial charge >= 0.3 is 0 Å². The zero-order valence-corrected chi connectivity index (χ0v) is 14.4. The molecular formula is C20H21NO4. The van der Waals surface area contributed by atoms with E-state index in [9.17, 15) is 9.59 Å². The van der Waals surface area contributed by atoms with Gasteiger partial charge in [0, 0.05) is 30.2 Å². The van der Waals surface area contributed by atoms with E-state index in [1.54, 1.807) is 18.2 Å². The molecule has 0 saturated heterocycles. The van der Waals surface area contributed by atoms with Crippen LogP contribution < -0.4 is 14.8 Å². The first-order valence-electron chi connectivity index (χ1n) is 8.33. The lowest BCUT2D eigenvalue weighted by atomic mass is 9.99. The Morgan fingerprint density at radius 2 is 1.72 bits per heavy atom. The minimum Gasteiger partial charge on any atom is -0.486 e. The van der Waals surface area contributed by atoms with Gasteiger partial charge in [0.15, 0.2) is 17.3 Å². The standard InChI is InChI=1S/C20H21NO4/c1-13-3-4-14(2)16(11-13)17(22)6-8-20(23)21-15-5-7-18-19(12-15)25-10-9-24-18/h3-5,7,11-12H,6,8-10H2,1-2H3,(H,21,23). The molecule has 2 aromatic carbocycles. The summed E-state index contributed by atoms with van der Waals surface area (Å²) in [6.45, 7) is 4.88. The minimum absolute atomic E-state index is 0.0153. The van der Waals surface area contributed by atoms with Crippen molar-refractivity contribution in [3.05, 3.63) is 53.1 Å². The van der Waals surface area contributed by atoms with Crippen molar-refractivity contribution < 1.29 is 19.1 Å². The maximum Gasteiger partial charge on any atom is 0.224 e. The van der Waals surface area contributed by atoms with Gasteiger partial charge in [-0.2, -0.15) is 0 Å². The fourth-order valence-electron chi connectivity index (χ4n) is 2.74. The molecule has 0 radical (unpaired) electrons. The third-order valence-electron chi connectivity index (χ3n) is 4.10. The van der Waals surface area contributed by atoms with Crippen molar-refractivity contribution in [2.75, 3.05) is 18.5 Å². The van der Waals surface area contributed by atoms with Gasteiger partial charge in [0.1, 0.15) is 13.2 Å². The highest BCUT2D eigenvalue weighted by atomic mass is 16.6. The maximum absolute atomic E-state index is 12.3. The molecule has 2 aromatic rings. The molecule has 0 unspecified atom stereocenters. The molecule has 25 heavy (non-hydrogen) atoms. The Bertz CT molecular complexity index is 813. The predicted octanol–water partition coefficient (Wildman–Crippen LogP) is 3.68. The molecule has 0 bridgehead atoms. The van der Waals surface area contributed by atoms with Crippen LogP contribution in [0.4, 0.5) is 5.69 Å². The Balaban J connectivity index is 1.58. The summed E-state index contributed by atoms with van der Waals surface area (Å²) >= 11 is 0. The molecule has 1 N–H and O–H groups in total. The number of carbonyl (C=O) groups is 2. The Morgan fingerprint density at radius 3 is 2.52 bits per heavy atom. The van der Waals surface area contributed by atoms with Crippen molar-refractivity contribution in [2.24, 2.45) is 0 Å². The van der Waals surface area contributed by atoms with Crippen LogP contribution in [0.5, 0.6) is 11.5 Å². The van der Waals surface area contributed by atoms with E-state index in [-0.39, 0.29) is 24.5 Å². The fraction of sp³-hybridized carbons (Fsp3) is 0.300. The lowest BCUT2D eigenvalue weighted by Crippen LogP contribution is -2.17. The van der Waals surface area contributed by atoms with Crippen molar-refractivity contribution in [2.45, 2.75) is 26.7 Å². The van der Waals surface area contributed by atoms with E-state index >= 15 is 0 Å². The highest BCUT2D eigenvalue weighted by Gasteiger charge is 2.14. The number of nitrogens with one attached hydrogen (secondary N) is 1. The van der Waals surface area contributed by atoms with Gasteiger partial charge in [0.05, 0.1) is 0 Å². The molecule has 0 aromatic heterocycles. The Morgan fingerprint density at radius 1 is 0.960 bits per heavy atom. The second-order valence-corrected chi connectivity index (χ2v) is 6.15. The minimum atomic E-state index is -0.199. The van der Waals surface area contributed by atoms with E-state index in [0.29, 0.717) is 36.0 Å². The number of hydrogen-bond acceptors (Lipinski definition) is 4. The summed E-state index contributed by atoms with van der Waals surface area (Å²) in [5.41, 5.74) is 3.29. The lowest BCUT2D eigenvalue weighted by molar-refractivity contribution is -0.116. The molecule has 130 valence electrons. The number of anilines is 1. The summed E-state index contributed by atoms with van der Waals surface area (Å²) in [7, 11) is 0. The van der Waals surface area contributed by atoms with Crippen molar-refractivity contribution >= 4 is 17.4 Å². The second kappa shape index (κ2) is 7.38. The van der Waals surface area contributed by atoms with E-state index in [4.69, 9.17) is 9.47 Å². The highest BCUT2D eigenvalue weighted by molar-refractivity contribution is 6.01. The van der Waals surface area contributed by atoms with Crippen molar-refractivity contribution in [1.29, 1.82) is 0 Å². The largest absolute Gasteiger partial charge is 0.486 e. The van der Waals surface area contributed by atoms with Crippen LogP contribution in [-0.2, 0) is 4.79 Å². The van der Waals surface area contributed by atoms with E-state index in [1.807, 2.05) is 32.0 Å². The van der Waals surface area contributed by atoms with Crippen LogP contribution in [0.15, 0.2) is 36.4 Å². The summed E-state index contributed by atoms with van der Waals surface area (Å²) in [4.78, 5) is 24.5. The normalized spacial score (nSPS) is 12.6. The van der Waals surface area contributed by atoms with E-state index in [2.05, 4.69) is 5.32 Å². The zero-order valence-electron chi connectivity index (χ0n) is 14.4. The third kappa shape index (κ3) is 4.18. The summed E-state index contributed by atoms with van der Waals surface area (Å²) in [6, 6.07) is 11.0. The number of aryl methyl sites for hydroxylation is 2. The molecule has 0 fully saturated rings. The Hall–Kier alpha value is -2.82. The highest BCUT2D eigenvalue weighted by Crippen LogP contribution is 2.32. The number of Topliss-reactive ketones (excluding diaryl/α,β-unsaturated/α-hetero) is 1. The van der Waals surface area contributed by atoms with Gasteiger partial charge in [-0.15, -0.1) is 0 Å². The molecule has 1 heterocycles. The number of ether oxygens (including phenoxy) is 2. The molecular weight excluding hydrogens is 318 g/mol. The molecule has 1 aliphatic heterocycles. The summed E-state index contributed by atoms with van der Waals surface area (Å²) < 4.78 is 10.9. The number of rotatable bonds is 5. The number of fused-ring (bicyclic) bond motifs is 1. The zero-order chi connectivity index (χ0) is 17.8. The first kappa shape index (κ1) is 17.0. The second-order valence-electron chi connectivity index (χ2n) is 6.15. The van der Waals surface area contributed by atoms with Crippen molar-refractivity contribution in [1.82, 2.24) is 0 Å². The van der Waals surface area contributed by atoms with Crippen molar-refractivity contribution in [3.63, 3.8) is 0 Å². The molecule has 5 heteroatoms. The van der Waals surface area contributed by atoms with Gasteiger partial charge in [-0.25, -0.2) is 0 Å². The average molecular weight is 339 g/mol. The summed E-state index contributed by atoms with van der Waals surface area (Å²) in [6.07, 6.45) is 0.321. The van der Waals surface area contributed by atoms with Crippen LogP contribution in [0.1, 0.15) is 34.3 Å². The predicted molar refractivity (Wildman–Crippen MR) is 95.5 cm³/mol. The van der Waals surface area contributed by atoms with Crippen LogP contribution in [0.3, 0.4) is 0 Å². The molecule has 0 aliphatic carbocycles. The number of carbonyl (C=O) groups excluding carboxylic acids is 2. The van der Waals surface area contributed by atoms with Crippen molar-refractivity contribution in [3.8, 4) is 11.5 Å². The summed E-state index contributed by atoms with van der Waals surface area (Å²) in [5, 5.41) is 2.80. The summed E-state index contributed by atoms with van der Waals surface area (Å²) in [5.74, 6) is 1.08. The fourth-order valence-corrected chi connectivity index (χ4v) is 2.74. The van der Waals surface area contributed by atoms with Gasteiger partial charge < -0.3 is 14.8 Å². The SMILES string of the molecule is Cc1ccc(C)c(C(=O)CCC(=O)Nc2ccc3c(c2)OCCO3)c1. The van der Waals surface area contributed by atoms with Crippen LogP contribution >= 0.6 is 0 Å². The Labute approximate surface area is 147 Å². The number of hydrogen-bond donors (Lipinski definition) is 1. The monoisotopic (exact) mass is 339 g/mol. The molecule has 5 nitrogen and oxygen atoms in total. The first-order chi connectivity index (χ1) is 12.0. The molecule has 3 rings (SSSR count). The number of ketones is 1. The quantitative estimate of drug-likeness (QED) is 0.844. The smallest absolute Gasteiger partial charge is 0.224 e. The molecule has 0 spiro atoms. The average Bonchev–Trinajstić information content (AvgIpc) is 2.61. The van der Waals surface area contributed by atoms with Gasteiger partial charge in [-0.1, -0.05) is 17.7 Å². The molecule has 0 saturated carbocycles. The molecule has 1 aliphatic rings. The first-order valence-corrected chi connectivity index (χ1v) is 8.33. The van der Waals surface area contributed by atoms with Crippen LogP contribution in [0.25, 0.3) is 0 Å². The van der Waals surface area contributed by atoms with Crippen LogP contribution in [-0.4, -0.2) is 24.9 Å². The van der Waals surface area contributed by atoms with Gasteiger partial charge in [0.25, 0.3) is 0 Å².